The number of aliphatic carboxylic acids is 3. The van der Waals surface area contributed by atoms with Gasteiger partial charge in [0.1, 0.15) is 11.9 Å². The van der Waals surface area contributed by atoms with Crippen molar-refractivity contribution in [3.05, 3.63) is 71.5 Å². The monoisotopic (exact) mass is 465 g/mol. The molecule has 2 aromatic carbocycles. The van der Waals surface area contributed by atoms with Gasteiger partial charge in [0.25, 0.3) is 0 Å². The number of carbonyl (C=O) groups is 3. The molecule has 0 saturated heterocycles. The summed E-state index contributed by atoms with van der Waals surface area (Å²) in [5, 5.41) is 33.8. The maximum Gasteiger partial charge on any atom is 0.336 e. The molecule has 180 valence electrons. The third kappa shape index (κ3) is 10.2. The maximum absolute atomic E-state index is 13.1. The molecular formula is C23H28FNO8. The van der Waals surface area contributed by atoms with Gasteiger partial charge in [0.05, 0.1) is 19.4 Å². The lowest BCUT2D eigenvalue weighted by atomic mass is 9.96. The molecule has 0 aliphatic rings. The van der Waals surface area contributed by atoms with Gasteiger partial charge in [0.15, 0.2) is 5.60 Å². The molecule has 4 N–H and O–H groups in total. The Kier molecular flexibility index (Phi) is 11.1. The van der Waals surface area contributed by atoms with E-state index in [0.29, 0.717) is 6.61 Å². The summed E-state index contributed by atoms with van der Waals surface area (Å²) >= 11 is 0. The number of hydrogen-bond acceptors (Lipinski definition) is 6. The van der Waals surface area contributed by atoms with Crippen molar-refractivity contribution in [3.8, 4) is 0 Å². The minimum atomic E-state index is -2.74. The van der Waals surface area contributed by atoms with E-state index in [1.165, 1.54) is 12.1 Å². The van der Waals surface area contributed by atoms with Crippen molar-refractivity contribution in [1.29, 1.82) is 0 Å². The third-order valence-corrected chi connectivity index (χ3v) is 4.38. The number of nitrogens with zero attached hydrogens (tertiary/aromatic N) is 1. The molecule has 0 aliphatic heterocycles. The summed E-state index contributed by atoms with van der Waals surface area (Å²) in [6, 6.07) is 16.5. The van der Waals surface area contributed by atoms with Crippen LogP contribution in [0, 0.1) is 5.82 Å². The first-order valence-electron chi connectivity index (χ1n) is 9.90. The number of likely N-dealkylation sites (N-methyl/N-ethyl adjacent to an activating group) is 1. The van der Waals surface area contributed by atoms with E-state index in [9.17, 15) is 18.8 Å². The summed E-state index contributed by atoms with van der Waals surface area (Å²) in [4.78, 5) is 32.6. The normalized spacial score (nSPS) is 11.9. The number of carboxylic acids is 3. The van der Waals surface area contributed by atoms with Gasteiger partial charge in [-0.05, 0) is 37.4 Å². The molecule has 0 amide bonds. The molecule has 1 unspecified atom stereocenters. The Morgan fingerprint density at radius 2 is 1.39 bits per heavy atom. The molecule has 0 aliphatic carbocycles. The molecule has 1 atom stereocenters. The number of ether oxygens (including phenoxy) is 1. The van der Waals surface area contributed by atoms with Crippen LogP contribution in [0.1, 0.15) is 30.1 Å². The summed E-state index contributed by atoms with van der Waals surface area (Å²) in [7, 11) is 4.03. The fourth-order valence-corrected chi connectivity index (χ4v) is 2.72. The van der Waals surface area contributed by atoms with E-state index >= 15 is 0 Å². The molecule has 0 saturated carbocycles. The number of halogens is 1. The van der Waals surface area contributed by atoms with Gasteiger partial charge in [-0.2, -0.15) is 0 Å². The first-order valence-corrected chi connectivity index (χ1v) is 9.90. The zero-order valence-corrected chi connectivity index (χ0v) is 18.3. The van der Waals surface area contributed by atoms with Gasteiger partial charge in [-0.3, -0.25) is 9.59 Å². The predicted molar refractivity (Wildman–Crippen MR) is 116 cm³/mol. The Balaban J connectivity index is 0.000000366. The number of aliphatic hydroxyl groups is 1. The van der Waals surface area contributed by atoms with E-state index in [2.05, 4.69) is 4.90 Å². The first kappa shape index (κ1) is 27.7. The Morgan fingerprint density at radius 1 is 0.909 bits per heavy atom. The van der Waals surface area contributed by atoms with Crippen molar-refractivity contribution in [1.82, 2.24) is 4.90 Å². The molecule has 0 bridgehead atoms. The number of hydrogen-bond donors (Lipinski definition) is 4. The zero-order chi connectivity index (χ0) is 25.0. The Bertz CT molecular complexity index is 886. The summed E-state index contributed by atoms with van der Waals surface area (Å²) < 4.78 is 19.1. The Hall–Kier alpha value is -3.34. The van der Waals surface area contributed by atoms with Gasteiger partial charge < -0.3 is 30.1 Å². The van der Waals surface area contributed by atoms with Crippen molar-refractivity contribution in [3.63, 3.8) is 0 Å². The quantitative estimate of drug-likeness (QED) is 0.393. The average Bonchev–Trinajstić information content (AvgIpc) is 2.72. The van der Waals surface area contributed by atoms with Crippen molar-refractivity contribution < 1.29 is 43.9 Å². The van der Waals surface area contributed by atoms with Gasteiger partial charge in [-0.1, -0.05) is 42.5 Å². The van der Waals surface area contributed by atoms with Crippen LogP contribution in [0.4, 0.5) is 4.39 Å². The molecule has 2 rings (SSSR count). The minimum absolute atomic E-state index is 0.156. The molecule has 9 nitrogen and oxygen atoms in total. The van der Waals surface area contributed by atoms with Crippen LogP contribution in [0.3, 0.4) is 0 Å². The lowest BCUT2D eigenvalue weighted by molar-refractivity contribution is -0.170. The van der Waals surface area contributed by atoms with Gasteiger partial charge >= 0.3 is 17.9 Å². The zero-order valence-electron chi connectivity index (χ0n) is 18.3. The maximum atomic E-state index is 13.1. The van der Waals surface area contributed by atoms with E-state index in [0.717, 1.165) is 17.7 Å². The topological polar surface area (TPSA) is 145 Å². The second kappa shape index (κ2) is 13.3. The highest BCUT2D eigenvalue weighted by molar-refractivity contribution is 5.88. The summed E-state index contributed by atoms with van der Waals surface area (Å²) in [5.41, 5.74) is -0.688. The molecule has 0 radical (unpaired) electrons. The van der Waals surface area contributed by atoms with Crippen molar-refractivity contribution in [2.45, 2.75) is 24.5 Å². The van der Waals surface area contributed by atoms with Crippen LogP contribution in [0.15, 0.2) is 54.6 Å². The first-order chi connectivity index (χ1) is 15.4. The molecule has 10 heteroatoms. The van der Waals surface area contributed by atoms with E-state index in [1.54, 1.807) is 12.1 Å². The predicted octanol–water partition coefficient (Wildman–Crippen LogP) is 2.24. The van der Waals surface area contributed by atoms with Crippen LogP contribution in [-0.4, -0.2) is 76.1 Å². The van der Waals surface area contributed by atoms with Crippen molar-refractivity contribution in [2.24, 2.45) is 0 Å². The second-order valence-electron chi connectivity index (χ2n) is 7.49. The van der Waals surface area contributed by atoms with Crippen LogP contribution in [0.5, 0.6) is 0 Å². The molecular weight excluding hydrogens is 437 g/mol. The lowest BCUT2D eigenvalue weighted by Gasteiger charge is -2.20. The van der Waals surface area contributed by atoms with Crippen LogP contribution in [-0.2, 0) is 19.1 Å². The average molecular weight is 465 g/mol. The van der Waals surface area contributed by atoms with E-state index in [1.807, 2.05) is 44.4 Å². The molecule has 0 aromatic heterocycles. The summed E-state index contributed by atoms with van der Waals surface area (Å²) in [6.45, 7) is 1.48. The highest BCUT2D eigenvalue weighted by atomic mass is 19.1. The Labute approximate surface area is 190 Å². The second-order valence-corrected chi connectivity index (χ2v) is 7.49. The largest absolute Gasteiger partial charge is 0.481 e. The van der Waals surface area contributed by atoms with Crippen LogP contribution < -0.4 is 0 Å². The highest BCUT2D eigenvalue weighted by Crippen LogP contribution is 2.26. The summed E-state index contributed by atoms with van der Waals surface area (Å²) in [6.07, 6.45) is -2.44. The highest BCUT2D eigenvalue weighted by Gasteiger charge is 2.40. The molecule has 0 heterocycles. The lowest BCUT2D eigenvalue weighted by Crippen LogP contribution is -2.42. The smallest absolute Gasteiger partial charge is 0.336 e. The minimum Gasteiger partial charge on any atom is -0.481 e. The summed E-state index contributed by atoms with van der Waals surface area (Å²) in [5.74, 6) is -5.25. The number of rotatable bonds is 11. The van der Waals surface area contributed by atoms with Gasteiger partial charge in [-0.15, -0.1) is 0 Å². The fourth-order valence-electron chi connectivity index (χ4n) is 2.72. The van der Waals surface area contributed by atoms with Gasteiger partial charge in [0, 0.05) is 6.54 Å². The third-order valence-electron chi connectivity index (χ3n) is 4.38. The van der Waals surface area contributed by atoms with Gasteiger partial charge in [0.2, 0.25) is 0 Å². The van der Waals surface area contributed by atoms with Gasteiger partial charge in [-0.25, -0.2) is 9.18 Å². The Morgan fingerprint density at radius 3 is 1.82 bits per heavy atom. The number of carboxylic acid groups (broad SMARTS) is 3. The van der Waals surface area contributed by atoms with Crippen LogP contribution in [0.25, 0.3) is 0 Å². The van der Waals surface area contributed by atoms with Crippen molar-refractivity contribution in [2.75, 3.05) is 27.2 Å². The van der Waals surface area contributed by atoms with E-state index < -0.39 is 36.4 Å². The number of benzene rings is 2. The molecule has 2 aromatic rings. The SMILES string of the molecule is CN(C)CCOC(c1ccccc1)c1ccc(F)cc1.O=C(O)CC(O)(CC(=O)O)C(=O)O. The standard InChI is InChI=1S/C17H20FNO.C6H8O7/c1-19(2)12-13-20-17(14-6-4-3-5-7-14)15-8-10-16(18)11-9-15;7-3(8)1-6(13,5(11)12)2-4(9)10/h3-11,17H,12-13H2,1-2H3;13H,1-2H2,(H,7,8)(H,9,10)(H,11,12). The van der Waals surface area contributed by atoms with Crippen LogP contribution in [0.2, 0.25) is 0 Å². The fraction of sp³-hybridized carbons (Fsp3) is 0.348. The molecule has 33 heavy (non-hydrogen) atoms. The van der Waals surface area contributed by atoms with E-state index in [-0.39, 0.29) is 11.9 Å². The van der Waals surface area contributed by atoms with Crippen molar-refractivity contribution >= 4 is 17.9 Å². The van der Waals surface area contributed by atoms with E-state index in [4.69, 9.17) is 25.2 Å². The molecule has 0 spiro atoms. The molecule has 0 fully saturated rings. The van der Waals surface area contributed by atoms with Crippen LogP contribution >= 0.6 is 0 Å².